The molecule has 0 unspecified atom stereocenters. The van der Waals surface area contributed by atoms with E-state index in [1.54, 1.807) is 11.8 Å². The Morgan fingerprint density at radius 3 is 2.45 bits per heavy atom. The van der Waals surface area contributed by atoms with E-state index < -0.39 is 6.04 Å². The van der Waals surface area contributed by atoms with Crippen molar-refractivity contribution in [2.24, 2.45) is 0 Å². The predicted molar refractivity (Wildman–Crippen MR) is 89.4 cm³/mol. The van der Waals surface area contributed by atoms with E-state index in [9.17, 15) is 9.59 Å². The normalized spacial score (nSPS) is 13.3. The fraction of sp³-hybridized carbons (Fsp3) is 0.556. The molecule has 0 spiro atoms. The molecule has 1 rings (SSSR count). The number of rotatable bonds is 7. The van der Waals surface area contributed by atoms with E-state index in [0.29, 0.717) is 13.0 Å². The van der Waals surface area contributed by atoms with Crippen molar-refractivity contribution in [2.75, 3.05) is 0 Å². The lowest BCUT2D eigenvalue weighted by Gasteiger charge is -2.29. The molecule has 0 heterocycles. The molecule has 4 nitrogen and oxygen atoms in total. The summed E-state index contributed by atoms with van der Waals surface area (Å²) < 4.78 is 0. The molecule has 0 fully saturated rings. The lowest BCUT2D eigenvalue weighted by molar-refractivity contribution is -0.140. The Bertz CT molecular complexity index is 514. The molecule has 2 amide bonds. The summed E-state index contributed by atoms with van der Waals surface area (Å²) in [6.07, 6.45) is 1.27. The highest BCUT2D eigenvalue weighted by Crippen LogP contribution is 2.12. The van der Waals surface area contributed by atoms with Crippen LogP contribution in [0.2, 0.25) is 0 Å². The van der Waals surface area contributed by atoms with Gasteiger partial charge in [-0.25, -0.2) is 0 Å². The van der Waals surface area contributed by atoms with E-state index in [4.69, 9.17) is 0 Å². The minimum Gasteiger partial charge on any atom is -0.352 e. The summed E-state index contributed by atoms with van der Waals surface area (Å²) in [7, 11) is 0. The van der Waals surface area contributed by atoms with Crippen LogP contribution in [0.25, 0.3) is 0 Å². The first-order valence-electron chi connectivity index (χ1n) is 8.04. The fourth-order valence-electron chi connectivity index (χ4n) is 2.26. The third kappa shape index (κ3) is 5.17. The Morgan fingerprint density at radius 1 is 1.23 bits per heavy atom. The molecule has 0 aromatic heterocycles. The largest absolute Gasteiger partial charge is 0.352 e. The minimum atomic E-state index is -0.470. The summed E-state index contributed by atoms with van der Waals surface area (Å²) in [4.78, 5) is 26.2. The maximum absolute atomic E-state index is 12.3. The first-order chi connectivity index (χ1) is 10.4. The second kappa shape index (κ2) is 8.57. The zero-order chi connectivity index (χ0) is 16.7. The van der Waals surface area contributed by atoms with Crippen molar-refractivity contribution in [1.82, 2.24) is 10.2 Å². The van der Waals surface area contributed by atoms with E-state index in [-0.39, 0.29) is 17.9 Å². The highest BCUT2D eigenvalue weighted by atomic mass is 16.2. The summed E-state index contributed by atoms with van der Waals surface area (Å²) in [6.45, 7) is 10.1. The molecule has 22 heavy (non-hydrogen) atoms. The molecule has 0 aliphatic rings. The van der Waals surface area contributed by atoms with Gasteiger partial charge in [0, 0.05) is 19.0 Å². The van der Waals surface area contributed by atoms with E-state index in [2.05, 4.69) is 11.4 Å². The van der Waals surface area contributed by atoms with Crippen LogP contribution < -0.4 is 5.32 Å². The molecule has 1 aromatic carbocycles. The van der Waals surface area contributed by atoms with E-state index >= 15 is 0 Å². The molecule has 1 aromatic rings. The molecule has 0 bridgehead atoms. The lowest BCUT2D eigenvalue weighted by Crippen LogP contribution is -2.49. The third-order valence-electron chi connectivity index (χ3n) is 3.91. The lowest BCUT2D eigenvalue weighted by atomic mass is 10.1. The van der Waals surface area contributed by atoms with Crippen LogP contribution in [-0.4, -0.2) is 28.8 Å². The average Bonchev–Trinajstić information content (AvgIpc) is 2.51. The number of hydrogen-bond donors (Lipinski definition) is 1. The first-order valence-corrected chi connectivity index (χ1v) is 8.04. The van der Waals surface area contributed by atoms with Crippen molar-refractivity contribution in [3.63, 3.8) is 0 Å². The smallest absolute Gasteiger partial charge is 0.242 e. The van der Waals surface area contributed by atoms with Gasteiger partial charge in [0.2, 0.25) is 11.8 Å². The first kappa shape index (κ1) is 18.2. The Labute approximate surface area is 133 Å². The van der Waals surface area contributed by atoms with E-state index in [1.165, 1.54) is 0 Å². The molecular weight excluding hydrogens is 276 g/mol. The third-order valence-corrected chi connectivity index (χ3v) is 3.91. The van der Waals surface area contributed by atoms with Crippen molar-refractivity contribution in [2.45, 2.75) is 66.1 Å². The number of hydrogen-bond acceptors (Lipinski definition) is 2. The number of amides is 2. The summed E-state index contributed by atoms with van der Waals surface area (Å²) in [5.74, 6) is -0.0999. The number of benzene rings is 1. The van der Waals surface area contributed by atoms with Gasteiger partial charge in [-0.2, -0.15) is 0 Å². The van der Waals surface area contributed by atoms with Gasteiger partial charge < -0.3 is 10.2 Å². The van der Waals surface area contributed by atoms with E-state index in [1.807, 2.05) is 45.9 Å². The highest BCUT2D eigenvalue weighted by Gasteiger charge is 2.25. The second-order valence-electron chi connectivity index (χ2n) is 5.86. The van der Waals surface area contributed by atoms with Crippen LogP contribution in [0.5, 0.6) is 0 Å². The summed E-state index contributed by atoms with van der Waals surface area (Å²) in [6, 6.07) is 7.68. The average molecular weight is 304 g/mol. The van der Waals surface area contributed by atoms with Gasteiger partial charge in [-0.3, -0.25) is 9.59 Å². The standard InChI is InChI=1S/C18H28N2O2/c1-6-14(4)19-18(22)15(5)20(17(21)7-2)12-16-10-8-9-13(3)11-16/h8-11,14-15H,6-7,12H2,1-5H3,(H,19,22)/t14-,15-/m0/s1. The zero-order valence-corrected chi connectivity index (χ0v) is 14.3. The molecule has 0 aliphatic carbocycles. The van der Waals surface area contributed by atoms with Crippen LogP contribution >= 0.6 is 0 Å². The van der Waals surface area contributed by atoms with Crippen molar-refractivity contribution < 1.29 is 9.59 Å². The Balaban J connectivity index is 2.88. The van der Waals surface area contributed by atoms with Crippen molar-refractivity contribution in [1.29, 1.82) is 0 Å². The molecule has 0 radical (unpaired) electrons. The molecule has 0 saturated heterocycles. The zero-order valence-electron chi connectivity index (χ0n) is 14.3. The quantitative estimate of drug-likeness (QED) is 0.841. The maximum Gasteiger partial charge on any atom is 0.242 e. The molecule has 4 heteroatoms. The molecule has 1 N–H and O–H groups in total. The van der Waals surface area contributed by atoms with Gasteiger partial charge in [-0.1, -0.05) is 43.7 Å². The summed E-state index contributed by atoms with van der Waals surface area (Å²) in [5, 5.41) is 2.95. The van der Waals surface area contributed by atoms with Crippen LogP contribution in [0.15, 0.2) is 24.3 Å². The number of aryl methyl sites for hydroxylation is 1. The topological polar surface area (TPSA) is 49.4 Å². The van der Waals surface area contributed by atoms with Crippen LogP contribution in [0.3, 0.4) is 0 Å². The predicted octanol–water partition coefficient (Wildman–Crippen LogP) is 3.04. The van der Waals surface area contributed by atoms with Crippen LogP contribution in [-0.2, 0) is 16.1 Å². The Hall–Kier alpha value is -1.84. The maximum atomic E-state index is 12.3. The highest BCUT2D eigenvalue weighted by molar-refractivity contribution is 5.87. The second-order valence-corrected chi connectivity index (χ2v) is 5.86. The van der Waals surface area contributed by atoms with Gasteiger partial charge in [0.1, 0.15) is 6.04 Å². The van der Waals surface area contributed by atoms with Crippen LogP contribution in [0.4, 0.5) is 0 Å². The van der Waals surface area contributed by atoms with E-state index in [0.717, 1.165) is 17.5 Å². The van der Waals surface area contributed by atoms with Crippen molar-refractivity contribution >= 4 is 11.8 Å². The Morgan fingerprint density at radius 2 is 1.91 bits per heavy atom. The number of carbonyl (C=O) groups is 2. The minimum absolute atomic E-state index is 0.00620. The van der Waals surface area contributed by atoms with Crippen LogP contribution in [0.1, 0.15) is 51.7 Å². The fourth-order valence-corrected chi connectivity index (χ4v) is 2.26. The van der Waals surface area contributed by atoms with Gasteiger partial charge in [-0.15, -0.1) is 0 Å². The number of nitrogens with zero attached hydrogens (tertiary/aromatic N) is 1. The van der Waals surface area contributed by atoms with Crippen molar-refractivity contribution in [3.05, 3.63) is 35.4 Å². The van der Waals surface area contributed by atoms with Crippen LogP contribution in [0, 0.1) is 6.92 Å². The molecule has 0 aliphatic heterocycles. The van der Waals surface area contributed by atoms with Gasteiger partial charge in [-0.05, 0) is 32.8 Å². The van der Waals surface area contributed by atoms with Crippen molar-refractivity contribution in [3.8, 4) is 0 Å². The number of carbonyl (C=O) groups excluding carboxylic acids is 2. The van der Waals surface area contributed by atoms with Gasteiger partial charge >= 0.3 is 0 Å². The molecule has 0 saturated carbocycles. The SMILES string of the molecule is CCC(=O)N(Cc1cccc(C)c1)[C@@H](C)C(=O)N[C@@H](C)CC. The van der Waals surface area contributed by atoms with Gasteiger partial charge in [0.05, 0.1) is 0 Å². The Kier molecular flexibility index (Phi) is 7.09. The molecule has 2 atom stereocenters. The number of nitrogens with one attached hydrogen (secondary N) is 1. The summed E-state index contributed by atoms with van der Waals surface area (Å²) in [5.41, 5.74) is 2.20. The molecular formula is C18H28N2O2. The monoisotopic (exact) mass is 304 g/mol. The molecule has 122 valence electrons. The van der Waals surface area contributed by atoms with Gasteiger partial charge in [0.25, 0.3) is 0 Å². The van der Waals surface area contributed by atoms with Gasteiger partial charge in [0.15, 0.2) is 0 Å². The summed E-state index contributed by atoms with van der Waals surface area (Å²) >= 11 is 0.